The van der Waals surface area contributed by atoms with Crippen molar-refractivity contribution < 1.29 is 9.90 Å². The van der Waals surface area contributed by atoms with E-state index in [1.54, 1.807) is 0 Å². The van der Waals surface area contributed by atoms with Gasteiger partial charge in [0.05, 0.1) is 0 Å². The van der Waals surface area contributed by atoms with Gasteiger partial charge in [-0.15, -0.1) is 0 Å². The molecule has 0 unspecified atom stereocenters. The first kappa shape index (κ1) is 11.5. The van der Waals surface area contributed by atoms with Crippen LogP contribution in [-0.2, 0) is 6.42 Å². The number of carboxylic acid groups (broad SMARTS) is 1. The number of nitrogens with two attached hydrogens (primary N) is 1. The Kier molecular flexibility index (Phi) is 4.63. The van der Waals surface area contributed by atoms with E-state index in [1.807, 2.05) is 30.3 Å². The smallest absolute Gasteiger partial charge is 0.404 e. The molecule has 4 heteroatoms. The number of benzene rings is 1. The highest BCUT2D eigenvalue weighted by atomic mass is 16.4. The summed E-state index contributed by atoms with van der Waals surface area (Å²) in [6.45, 7) is 0.308. The van der Waals surface area contributed by atoms with Crippen molar-refractivity contribution in [3.8, 4) is 0 Å². The zero-order chi connectivity index (χ0) is 11.1. The highest BCUT2D eigenvalue weighted by molar-refractivity contribution is 5.64. The summed E-state index contributed by atoms with van der Waals surface area (Å²) >= 11 is 0. The van der Waals surface area contributed by atoms with Crippen LogP contribution in [-0.4, -0.2) is 23.8 Å². The molecule has 0 aliphatic rings. The average molecular weight is 208 g/mol. The van der Waals surface area contributed by atoms with E-state index < -0.39 is 6.09 Å². The molecule has 4 nitrogen and oxygen atoms in total. The maximum Gasteiger partial charge on any atom is 0.404 e. The van der Waals surface area contributed by atoms with E-state index in [9.17, 15) is 4.79 Å². The van der Waals surface area contributed by atoms with Gasteiger partial charge in [0.15, 0.2) is 0 Å². The van der Waals surface area contributed by atoms with E-state index in [0.29, 0.717) is 6.54 Å². The van der Waals surface area contributed by atoms with Crippen LogP contribution in [0.1, 0.15) is 12.0 Å². The van der Waals surface area contributed by atoms with E-state index in [0.717, 1.165) is 12.8 Å². The van der Waals surface area contributed by atoms with Crippen molar-refractivity contribution >= 4 is 6.09 Å². The first-order valence-corrected chi connectivity index (χ1v) is 4.95. The third-order valence-electron chi connectivity index (χ3n) is 2.16. The third-order valence-corrected chi connectivity index (χ3v) is 2.16. The van der Waals surface area contributed by atoms with Crippen molar-refractivity contribution in [3.63, 3.8) is 0 Å². The third kappa shape index (κ3) is 5.02. The van der Waals surface area contributed by atoms with Gasteiger partial charge in [-0.2, -0.15) is 0 Å². The van der Waals surface area contributed by atoms with Crippen molar-refractivity contribution in [1.82, 2.24) is 5.32 Å². The molecule has 1 amide bonds. The molecule has 1 aromatic carbocycles. The SMILES string of the molecule is N[C@@H](CCc1ccccc1)CNC(=O)O. The van der Waals surface area contributed by atoms with Crippen LogP contribution in [0.5, 0.6) is 0 Å². The molecule has 0 aliphatic heterocycles. The second kappa shape index (κ2) is 6.03. The largest absolute Gasteiger partial charge is 0.465 e. The summed E-state index contributed by atoms with van der Waals surface area (Å²) < 4.78 is 0. The Labute approximate surface area is 89.1 Å². The van der Waals surface area contributed by atoms with Crippen LogP contribution in [0.25, 0.3) is 0 Å². The zero-order valence-corrected chi connectivity index (χ0v) is 8.52. The zero-order valence-electron chi connectivity index (χ0n) is 8.52. The lowest BCUT2D eigenvalue weighted by Gasteiger charge is -2.10. The van der Waals surface area contributed by atoms with Crippen molar-refractivity contribution in [2.75, 3.05) is 6.54 Å². The van der Waals surface area contributed by atoms with Crippen LogP contribution in [0.4, 0.5) is 4.79 Å². The van der Waals surface area contributed by atoms with Crippen molar-refractivity contribution in [3.05, 3.63) is 35.9 Å². The van der Waals surface area contributed by atoms with Crippen LogP contribution in [0, 0.1) is 0 Å². The van der Waals surface area contributed by atoms with Crippen LogP contribution < -0.4 is 11.1 Å². The van der Waals surface area contributed by atoms with Gasteiger partial charge in [-0.3, -0.25) is 0 Å². The second-order valence-corrected chi connectivity index (χ2v) is 3.47. The van der Waals surface area contributed by atoms with Gasteiger partial charge in [0.1, 0.15) is 0 Å². The monoisotopic (exact) mass is 208 g/mol. The number of carbonyl (C=O) groups is 1. The molecule has 0 spiro atoms. The van der Waals surface area contributed by atoms with E-state index in [-0.39, 0.29) is 6.04 Å². The Morgan fingerprint density at radius 1 is 1.40 bits per heavy atom. The predicted octanol–water partition coefficient (Wildman–Crippen LogP) is 1.21. The van der Waals surface area contributed by atoms with Gasteiger partial charge >= 0.3 is 6.09 Å². The molecule has 0 saturated heterocycles. The Hall–Kier alpha value is -1.55. The summed E-state index contributed by atoms with van der Waals surface area (Å²) in [5, 5.41) is 10.7. The molecule has 1 aromatic rings. The molecule has 0 bridgehead atoms. The number of hydrogen-bond acceptors (Lipinski definition) is 2. The van der Waals surface area contributed by atoms with Gasteiger partial charge in [-0.1, -0.05) is 30.3 Å². The lowest BCUT2D eigenvalue weighted by molar-refractivity contribution is 0.193. The number of hydrogen-bond donors (Lipinski definition) is 3. The summed E-state index contributed by atoms with van der Waals surface area (Å²) in [6, 6.07) is 9.89. The van der Waals surface area contributed by atoms with Gasteiger partial charge in [-0.25, -0.2) is 4.79 Å². The summed E-state index contributed by atoms with van der Waals surface area (Å²) in [4.78, 5) is 10.2. The first-order valence-electron chi connectivity index (χ1n) is 4.95. The molecule has 0 heterocycles. The molecule has 0 radical (unpaired) electrons. The molecule has 82 valence electrons. The standard InChI is InChI=1S/C11H16N2O2/c12-10(8-13-11(14)15)7-6-9-4-2-1-3-5-9/h1-5,10,13H,6-8,12H2,(H,14,15)/t10-/m0/s1. The normalized spacial score (nSPS) is 12.1. The average Bonchev–Trinajstić information content (AvgIpc) is 2.25. The summed E-state index contributed by atoms with van der Waals surface area (Å²) in [6.07, 6.45) is 0.637. The fourth-order valence-electron chi connectivity index (χ4n) is 1.32. The van der Waals surface area contributed by atoms with Crippen LogP contribution in [0.2, 0.25) is 0 Å². The van der Waals surface area contributed by atoms with Crippen LogP contribution in [0.3, 0.4) is 0 Å². The van der Waals surface area contributed by atoms with E-state index in [4.69, 9.17) is 10.8 Å². The van der Waals surface area contributed by atoms with Gasteiger partial charge < -0.3 is 16.2 Å². The topological polar surface area (TPSA) is 75.3 Å². The molecule has 1 rings (SSSR count). The van der Waals surface area contributed by atoms with Crippen molar-refractivity contribution in [2.24, 2.45) is 5.73 Å². The van der Waals surface area contributed by atoms with Crippen LogP contribution in [0.15, 0.2) is 30.3 Å². The molecule has 4 N–H and O–H groups in total. The molecular weight excluding hydrogens is 192 g/mol. The highest BCUT2D eigenvalue weighted by Gasteiger charge is 2.04. The number of amides is 1. The van der Waals surface area contributed by atoms with Crippen LogP contribution >= 0.6 is 0 Å². The lowest BCUT2D eigenvalue weighted by atomic mass is 10.1. The molecular formula is C11H16N2O2. The lowest BCUT2D eigenvalue weighted by Crippen LogP contribution is -2.36. The van der Waals surface area contributed by atoms with Crippen molar-refractivity contribution in [1.29, 1.82) is 0 Å². The van der Waals surface area contributed by atoms with E-state index >= 15 is 0 Å². The molecule has 15 heavy (non-hydrogen) atoms. The van der Waals surface area contributed by atoms with E-state index in [1.165, 1.54) is 5.56 Å². The molecule has 0 aromatic heterocycles. The molecule has 1 atom stereocenters. The minimum Gasteiger partial charge on any atom is -0.465 e. The second-order valence-electron chi connectivity index (χ2n) is 3.47. The number of rotatable bonds is 5. The Morgan fingerprint density at radius 3 is 2.67 bits per heavy atom. The summed E-state index contributed by atoms with van der Waals surface area (Å²) in [5.41, 5.74) is 6.97. The minimum absolute atomic E-state index is 0.124. The Balaban J connectivity index is 2.22. The fourth-order valence-corrected chi connectivity index (χ4v) is 1.32. The Bertz CT molecular complexity index is 301. The number of aryl methyl sites for hydroxylation is 1. The van der Waals surface area contributed by atoms with Gasteiger partial charge in [0.2, 0.25) is 0 Å². The van der Waals surface area contributed by atoms with Gasteiger partial charge in [0.25, 0.3) is 0 Å². The molecule has 0 fully saturated rings. The summed E-state index contributed by atoms with van der Waals surface area (Å²) in [5.74, 6) is 0. The van der Waals surface area contributed by atoms with E-state index in [2.05, 4.69) is 5.32 Å². The minimum atomic E-state index is -1.02. The Morgan fingerprint density at radius 2 is 2.07 bits per heavy atom. The molecule has 0 aliphatic carbocycles. The quantitative estimate of drug-likeness (QED) is 0.681. The number of nitrogens with one attached hydrogen (secondary N) is 1. The maximum atomic E-state index is 10.2. The molecule has 0 saturated carbocycles. The van der Waals surface area contributed by atoms with Crippen molar-refractivity contribution in [2.45, 2.75) is 18.9 Å². The predicted molar refractivity (Wildman–Crippen MR) is 58.8 cm³/mol. The first-order chi connectivity index (χ1) is 7.18. The fraction of sp³-hybridized carbons (Fsp3) is 0.364. The maximum absolute atomic E-state index is 10.2. The van der Waals surface area contributed by atoms with Gasteiger partial charge in [-0.05, 0) is 18.4 Å². The summed E-state index contributed by atoms with van der Waals surface area (Å²) in [7, 11) is 0. The van der Waals surface area contributed by atoms with Gasteiger partial charge in [0, 0.05) is 12.6 Å². The highest BCUT2D eigenvalue weighted by Crippen LogP contribution is 2.03.